The lowest BCUT2D eigenvalue weighted by Crippen LogP contribution is -2.13. The molecule has 0 N–H and O–H groups in total. The van der Waals surface area contributed by atoms with E-state index in [0.717, 1.165) is 5.56 Å². The van der Waals surface area contributed by atoms with Crippen LogP contribution in [0.1, 0.15) is 12.5 Å². The van der Waals surface area contributed by atoms with Crippen LogP contribution in [0.3, 0.4) is 0 Å². The maximum absolute atomic E-state index is 11.1. The summed E-state index contributed by atoms with van der Waals surface area (Å²) in [6, 6.07) is 5.27. The molecule has 0 aromatic heterocycles. The lowest BCUT2D eigenvalue weighted by molar-refractivity contribution is -0.113. The molecule has 1 aliphatic heterocycles. The smallest absolute Gasteiger partial charge is 0.192 e. The molecular weight excluding hydrogens is 211 g/mol. The first kappa shape index (κ1) is 10.1. The first-order valence-corrected chi connectivity index (χ1v) is 5.33. The monoisotopic (exact) mass is 220 g/mol. The SMILES string of the molecule is CC(=O)C1=Cc2ccc(P=O)cc2OC1. The van der Waals surface area contributed by atoms with Crippen LogP contribution in [0.2, 0.25) is 0 Å². The van der Waals surface area contributed by atoms with Gasteiger partial charge in [-0.3, -0.25) is 9.36 Å². The molecule has 1 heterocycles. The maximum atomic E-state index is 11.1. The zero-order chi connectivity index (χ0) is 10.8. The Morgan fingerprint density at radius 2 is 2.27 bits per heavy atom. The van der Waals surface area contributed by atoms with Gasteiger partial charge in [-0.15, -0.1) is 0 Å². The van der Waals surface area contributed by atoms with E-state index >= 15 is 0 Å². The molecule has 1 aromatic rings. The highest BCUT2D eigenvalue weighted by molar-refractivity contribution is 7.34. The molecule has 0 saturated carbocycles. The fourth-order valence-electron chi connectivity index (χ4n) is 1.41. The minimum atomic E-state index is -0.0230. The van der Waals surface area contributed by atoms with Crippen molar-refractivity contribution in [1.29, 1.82) is 0 Å². The number of fused-ring (bicyclic) bond motifs is 1. The Hall–Kier alpha value is -1.47. The first-order valence-electron chi connectivity index (χ1n) is 4.52. The lowest BCUT2D eigenvalue weighted by atomic mass is 10.1. The van der Waals surface area contributed by atoms with Crippen LogP contribution >= 0.6 is 8.46 Å². The van der Waals surface area contributed by atoms with Gasteiger partial charge in [0.15, 0.2) is 14.2 Å². The number of hydrogen-bond donors (Lipinski definition) is 0. The van der Waals surface area contributed by atoms with Crippen molar-refractivity contribution in [3.05, 3.63) is 29.3 Å². The van der Waals surface area contributed by atoms with Gasteiger partial charge < -0.3 is 4.74 Å². The van der Waals surface area contributed by atoms with E-state index in [1.54, 1.807) is 18.2 Å². The van der Waals surface area contributed by atoms with E-state index in [1.165, 1.54) is 6.92 Å². The minimum absolute atomic E-state index is 0.0201. The summed E-state index contributed by atoms with van der Waals surface area (Å²) in [6.45, 7) is 1.81. The first-order chi connectivity index (χ1) is 7.20. The van der Waals surface area contributed by atoms with Crippen LogP contribution in [0.5, 0.6) is 5.75 Å². The summed E-state index contributed by atoms with van der Waals surface area (Å²) in [4.78, 5) is 11.1. The molecule has 1 aromatic carbocycles. The maximum Gasteiger partial charge on any atom is 0.192 e. The lowest BCUT2D eigenvalue weighted by Gasteiger charge is -2.16. The molecule has 2 rings (SSSR count). The van der Waals surface area contributed by atoms with Crippen molar-refractivity contribution in [3.8, 4) is 5.75 Å². The van der Waals surface area contributed by atoms with Crippen LogP contribution < -0.4 is 10.0 Å². The number of rotatable bonds is 2. The highest BCUT2D eigenvalue weighted by Crippen LogP contribution is 2.26. The van der Waals surface area contributed by atoms with E-state index in [0.29, 0.717) is 23.2 Å². The second-order valence-corrected chi connectivity index (χ2v) is 4.03. The van der Waals surface area contributed by atoms with Gasteiger partial charge in [0.1, 0.15) is 12.4 Å². The Labute approximate surface area is 89.0 Å². The fraction of sp³-hybridized carbons (Fsp3) is 0.182. The van der Waals surface area contributed by atoms with Gasteiger partial charge >= 0.3 is 0 Å². The molecule has 0 radical (unpaired) electrons. The van der Waals surface area contributed by atoms with Gasteiger partial charge in [-0.05, 0) is 25.1 Å². The van der Waals surface area contributed by atoms with Gasteiger partial charge in [0.05, 0.1) is 0 Å². The highest BCUT2D eigenvalue weighted by atomic mass is 31.1. The van der Waals surface area contributed by atoms with E-state index in [-0.39, 0.29) is 14.2 Å². The van der Waals surface area contributed by atoms with Crippen molar-refractivity contribution in [3.63, 3.8) is 0 Å². The largest absolute Gasteiger partial charge is 0.488 e. The van der Waals surface area contributed by atoms with Crippen LogP contribution in [0, 0.1) is 0 Å². The summed E-state index contributed by atoms with van der Waals surface area (Å²) in [5.74, 6) is 0.701. The van der Waals surface area contributed by atoms with E-state index < -0.39 is 0 Å². The Morgan fingerprint density at radius 1 is 1.47 bits per heavy atom. The van der Waals surface area contributed by atoms with Crippen molar-refractivity contribution >= 4 is 25.6 Å². The topological polar surface area (TPSA) is 43.4 Å². The van der Waals surface area contributed by atoms with Gasteiger partial charge in [-0.1, -0.05) is 6.07 Å². The Morgan fingerprint density at radius 3 is 2.93 bits per heavy atom. The summed E-state index contributed by atoms with van der Waals surface area (Å²) in [7, 11) is -0.0230. The van der Waals surface area contributed by atoms with Gasteiger partial charge in [-0.2, -0.15) is 0 Å². The van der Waals surface area contributed by atoms with Gasteiger partial charge in [0, 0.05) is 16.4 Å². The second-order valence-electron chi connectivity index (χ2n) is 3.33. The third-order valence-corrected chi connectivity index (χ3v) is 2.76. The van der Waals surface area contributed by atoms with Crippen LogP contribution in [0.15, 0.2) is 23.8 Å². The normalized spacial score (nSPS) is 14.1. The number of hydrogen-bond acceptors (Lipinski definition) is 3. The Balaban J connectivity index is 2.44. The van der Waals surface area contributed by atoms with Crippen molar-refractivity contribution in [1.82, 2.24) is 0 Å². The molecule has 76 valence electrons. The number of carbonyl (C=O) groups is 1. The minimum Gasteiger partial charge on any atom is -0.488 e. The van der Waals surface area contributed by atoms with E-state index in [4.69, 9.17) is 4.74 Å². The summed E-state index contributed by atoms with van der Waals surface area (Å²) in [5.41, 5.74) is 1.52. The predicted molar refractivity (Wildman–Crippen MR) is 57.8 cm³/mol. The molecule has 0 bridgehead atoms. The molecule has 0 spiro atoms. The third kappa shape index (κ3) is 1.97. The summed E-state index contributed by atoms with van der Waals surface area (Å²) in [5, 5.41) is 0.674. The van der Waals surface area contributed by atoms with Gasteiger partial charge in [0.2, 0.25) is 0 Å². The zero-order valence-electron chi connectivity index (χ0n) is 8.19. The average molecular weight is 220 g/mol. The molecule has 0 amide bonds. The van der Waals surface area contributed by atoms with Crippen LogP contribution in [-0.2, 0) is 9.36 Å². The zero-order valence-corrected chi connectivity index (χ0v) is 9.08. The number of Topliss-reactive ketones (excluding diaryl/α,β-unsaturated/α-hetero) is 1. The molecule has 0 atom stereocenters. The quantitative estimate of drug-likeness (QED) is 0.715. The van der Waals surface area contributed by atoms with Crippen molar-refractivity contribution < 1.29 is 14.1 Å². The molecule has 0 unspecified atom stereocenters. The number of ketones is 1. The predicted octanol–water partition coefficient (Wildman–Crippen LogP) is 1.97. The molecule has 15 heavy (non-hydrogen) atoms. The van der Waals surface area contributed by atoms with Gasteiger partial charge in [-0.25, -0.2) is 0 Å². The molecule has 3 nitrogen and oxygen atoms in total. The third-order valence-electron chi connectivity index (χ3n) is 2.27. The Bertz CT molecular complexity index is 463. The summed E-state index contributed by atoms with van der Waals surface area (Å²) >= 11 is 0. The Kier molecular flexibility index (Phi) is 2.65. The fourth-order valence-corrected chi connectivity index (χ4v) is 1.72. The number of carbonyl (C=O) groups excluding carboxylic acids is 1. The number of ether oxygens (including phenoxy) is 1. The van der Waals surface area contributed by atoms with Crippen molar-refractivity contribution in [2.24, 2.45) is 0 Å². The molecule has 0 aliphatic carbocycles. The second kappa shape index (κ2) is 3.95. The van der Waals surface area contributed by atoms with E-state index in [9.17, 15) is 9.36 Å². The highest BCUT2D eigenvalue weighted by Gasteiger charge is 2.14. The average Bonchev–Trinajstić information content (AvgIpc) is 2.27. The van der Waals surface area contributed by atoms with Crippen molar-refractivity contribution in [2.75, 3.05) is 6.61 Å². The molecular formula is C11H9O3P. The standard InChI is InChI=1S/C11H9O3P/c1-7(12)9-4-8-2-3-10(15-13)5-11(8)14-6-9/h2-5H,6H2,1H3. The summed E-state index contributed by atoms with van der Waals surface area (Å²) < 4.78 is 16.0. The van der Waals surface area contributed by atoms with Crippen LogP contribution in [-0.4, -0.2) is 12.4 Å². The molecule has 0 fully saturated rings. The van der Waals surface area contributed by atoms with E-state index in [2.05, 4.69) is 0 Å². The number of benzene rings is 1. The summed E-state index contributed by atoms with van der Waals surface area (Å²) in [6.07, 6.45) is 1.81. The van der Waals surface area contributed by atoms with Crippen LogP contribution in [0.4, 0.5) is 0 Å². The molecule has 0 saturated heterocycles. The van der Waals surface area contributed by atoms with E-state index in [1.807, 2.05) is 6.08 Å². The van der Waals surface area contributed by atoms with Crippen molar-refractivity contribution in [2.45, 2.75) is 6.92 Å². The molecule has 1 aliphatic rings. The van der Waals surface area contributed by atoms with Crippen LogP contribution in [0.25, 0.3) is 6.08 Å². The van der Waals surface area contributed by atoms with Gasteiger partial charge in [0.25, 0.3) is 0 Å². The molecule has 4 heteroatoms.